The molecule has 2 aromatic heterocycles. The van der Waals surface area contributed by atoms with Gasteiger partial charge in [0, 0.05) is 36.0 Å². The lowest BCUT2D eigenvalue weighted by Crippen LogP contribution is -2.27. The fourth-order valence-corrected chi connectivity index (χ4v) is 3.10. The van der Waals surface area contributed by atoms with Gasteiger partial charge < -0.3 is 10.3 Å². The second-order valence-electron chi connectivity index (χ2n) is 6.25. The number of hydrogen-bond acceptors (Lipinski definition) is 2. The van der Waals surface area contributed by atoms with E-state index in [1.54, 1.807) is 6.20 Å². The largest absolute Gasteiger partial charge is 0.361 e. The van der Waals surface area contributed by atoms with Gasteiger partial charge in [-0.1, -0.05) is 30.3 Å². The van der Waals surface area contributed by atoms with E-state index in [1.165, 1.54) is 5.56 Å². The van der Waals surface area contributed by atoms with E-state index < -0.39 is 0 Å². The van der Waals surface area contributed by atoms with Crippen molar-refractivity contribution in [2.45, 2.75) is 12.8 Å². The van der Waals surface area contributed by atoms with Crippen LogP contribution < -0.4 is 5.32 Å². The third-order valence-electron chi connectivity index (χ3n) is 4.47. The lowest BCUT2D eigenvalue weighted by molar-refractivity contribution is -0.120. The van der Waals surface area contributed by atoms with Crippen LogP contribution in [0.3, 0.4) is 0 Å². The predicted molar refractivity (Wildman–Crippen MR) is 102 cm³/mol. The lowest BCUT2D eigenvalue weighted by Gasteiger charge is -2.06. The van der Waals surface area contributed by atoms with Crippen molar-refractivity contribution in [3.63, 3.8) is 0 Å². The number of carbonyl (C=O) groups excluding carboxylic acids is 1. The fraction of sp³-hybridized carbons (Fsp3) is 0.143. The van der Waals surface area contributed by atoms with Crippen molar-refractivity contribution in [2.24, 2.45) is 0 Å². The Balaban J connectivity index is 1.29. The first-order valence-electron chi connectivity index (χ1n) is 8.70. The lowest BCUT2D eigenvalue weighted by atomic mass is 10.1. The molecule has 0 saturated carbocycles. The van der Waals surface area contributed by atoms with Crippen LogP contribution in [-0.2, 0) is 17.6 Å². The van der Waals surface area contributed by atoms with Crippen molar-refractivity contribution in [2.75, 3.05) is 6.54 Å². The Morgan fingerprint density at radius 1 is 1.08 bits per heavy atom. The van der Waals surface area contributed by atoms with Gasteiger partial charge in [-0.15, -0.1) is 0 Å². The highest BCUT2D eigenvalue weighted by molar-refractivity contribution is 5.88. The van der Waals surface area contributed by atoms with Crippen LogP contribution in [0.1, 0.15) is 11.1 Å². The molecule has 0 saturated heterocycles. The molecule has 4 aromatic rings. The summed E-state index contributed by atoms with van der Waals surface area (Å²) in [7, 11) is 0. The molecule has 2 heterocycles. The molecule has 130 valence electrons. The number of carbonyl (C=O) groups is 1. The average Bonchev–Trinajstić information content (AvgIpc) is 3.33. The Hall–Kier alpha value is -3.34. The second-order valence-corrected chi connectivity index (χ2v) is 6.25. The molecule has 0 radical (unpaired) electrons. The number of aromatic nitrogens is 3. The van der Waals surface area contributed by atoms with Crippen LogP contribution >= 0.6 is 0 Å². The molecule has 0 aliphatic rings. The van der Waals surface area contributed by atoms with Gasteiger partial charge in [-0.05, 0) is 41.8 Å². The SMILES string of the molecule is O=C(Cc1c[nH]c2ccccc12)NCCc1ccc(-n2cccn2)cc1. The van der Waals surface area contributed by atoms with Crippen molar-refractivity contribution in [3.05, 3.63) is 84.3 Å². The van der Waals surface area contributed by atoms with E-state index in [0.29, 0.717) is 13.0 Å². The Kier molecular flexibility index (Phi) is 4.51. The highest BCUT2D eigenvalue weighted by atomic mass is 16.1. The maximum atomic E-state index is 12.2. The van der Waals surface area contributed by atoms with Crippen molar-refractivity contribution in [3.8, 4) is 5.69 Å². The standard InChI is InChI=1S/C21H20N4O/c26-21(14-17-15-23-20-5-2-1-4-19(17)20)22-12-10-16-6-8-18(9-7-16)25-13-3-11-24-25/h1-9,11,13,15,23H,10,12,14H2,(H,22,26). The van der Waals surface area contributed by atoms with E-state index >= 15 is 0 Å². The smallest absolute Gasteiger partial charge is 0.224 e. The molecule has 0 atom stereocenters. The molecule has 5 heteroatoms. The summed E-state index contributed by atoms with van der Waals surface area (Å²) in [6.07, 6.45) is 6.79. The number of aromatic amines is 1. The van der Waals surface area contributed by atoms with Crippen LogP contribution in [-0.4, -0.2) is 27.2 Å². The maximum absolute atomic E-state index is 12.2. The number of H-pyrrole nitrogens is 1. The molecule has 2 N–H and O–H groups in total. The van der Waals surface area contributed by atoms with Crippen LogP contribution in [0.15, 0.2) is 73.2 Å². The van der Waals surface area contributed by atoms with E-state index in [0.717, 1.165) is 28.6 Å². The highest BCUT2D eigenvalue weighted by Crippen LogP contribution is 2.18. The summed E-state index contributed by atoms with van der Waals surface area (Å²) in [6.45, 7) is 0.627. The summed E-state index contributed by atoms with van der Waals surface area (Å²) >= 11 is 0. The number of benzene rings is 2. The Labute approximate surface area is 151 Å². The summed E-state index contributed by atoms with van der Waals surface area (Å²) in [6, 6.07) is 18.2. The van der Waals surface area contributed by atoms with Crippen molar-refractivity contribution in [1.29, 1.82) is 0 Å². The molecule has 26 heavy (non-hydrogen) atoms. The Morgan fingerprint density at radius 2 is 1.92 bits per heavy atom. The number of nitrogens with one attached hydrogen (secondary N) is 2. The van der Waals surface area contributed by atoms with E-state index in [4.69, 9.17) is 0 Å². The zero-order valence-electron chi connectivity index (χ0n) is 14.4. The first-order chi connectivity index (χ1) is 12.8. The molecular weight excluding hydrogens is 324 g/mol. The van der Waals surface area contributed by atoms with E-state index in [-0.39, 0.29) is 5.91 Å². The zero-order chi connectivity index (χ0) is 17.8. The molecule has 1 amide bonds. The monoisotopic (exact) mass is 344 g/mol. The fourth-order valence-electron chi connectivity index (χ4n) is 3.10. The van der Waals surface area contributed by atoms with Gasteiger partial charge in [-0.3, -0.25) is 4.79 Å². The number of amides is 1. The van der Waals surface area contributed by atoms with Gasteiger partial charge in [0.15, 0.2) is 0 Å². The van der Waals surface area contributed by atoms with Gasteiger partial charge in [0.2, 0.25) is 5.91 Å². The van der Waals surface area contributed by atoms with Crippen LogP contribution in [0.4, 0.5) is 0 Å². The second kappa shape index (κ2) is 7.27. The van der Waals surface area contributed by atoms with Crippen LogP contribution in [0.5, 0.6) is 0 Å². The number of para-hydroxylation sites is 1. The van der Waals surface area contributed by atoms with Gasteiger partial charge in [-0.2, -0.15) is 5.10 Å². The molecule has 0 spiro atoms. The van der Waals surface area contributed by atoms with Crippen LogP contribution in [0.25, 0.3) is 16.6 Å². The van der Waals surface area contributed by atoms with Gasteiger partial charge in [0.1, 0.15) is 0 Å². The van der Waals surface area contributed by atoms with E-state index in [2.05, 4.69) is 27.5 Å². The molecule has 0 aliphatic carbocycles. The van der Waals surface area contributed by atoms with Gasteiger partial charge >= 0.3 is 0 Å². The van der Waals surface area contributed by atoms with Crippen molar-refractivity contribution < 1.29 is 4.79 Å². The number of rotatable bonds is 6. The topological polar surface area (TPSA) is 62.7 Å². The van der Waals surface area contributed by atoms with Crippen LogP contribution in [0.2, 0.25) is 0 Å². The Morgan fingerprint density at radius 3 is 2.73 bits per heavy atom. The normalized spacial score (nSPS) is 10.9. The third kappa shape index (κ3) is 3.52. The van der Waals surface area contributed by atoms with Gasteiger partial charge in [0.25, 0.3) is 0 Å². The number of nitrogens with zero attached hydrogens (tertiary/aromatic N) is 2. The zero-order valence-corrected chi connectivity index (χ0v) is 14.4. The average molecular weight is 344 g/mol. The molecule has 0 unspecified atom stereocenters. The molecule has 4 rings (SSSR count). The minimum absolute atomic E-state index is 0.0444. The predicted octanol–water partition coefficient (Wildman–Crippen LogP) is 3.26. The van der Waals surface area contributed by atoms with E-state index in [1.807, 2.05) is 59.5 Å². The minimum atomic E-state index is 0.0444. The summed E-state index contributed by atoms with van der Waals surface area (Å²) in [4.78, 5) is 15.4. The van der Waals surface area contributed by atoms with Gasteiger partial charge in [0.05, 0.1) is 12.1 Å². The number of fused-ring (bicyclic) bond motifs is 1. The molecule has 0 bridgehead atoms. The molecule has 5 nitrogen and oxygen atoms in total. The summed E-state index contributed by atoms with van der Waals surface area (Å²) in [5.41, 5.74) is 4.31. The van der Waals surface area contributed by atoms with E-state index in [9.17, 15) is 4.79 Å². The van der Waals surface area contributed by atoms with Crippen molar-refractivity contribution in [1.82, 2.24) is 20.1 Å². The third-order valence-corrected chi connectivity index (χ3v) is 4.47. The first-order valence-corrected chi connectivity index (χ1v) is 8.70. The summed E-state index contributed by atoms with van der Waals surface area (Å²) in [5.74, 6) is 0.0444. The summed E-state index contributed by atoms with van der Waals surface area (Å²) < 4.78 is 1.83. The summed E-state index contributed by atoms with van der Waals surface area (Å²) in [5, 5.41) is 8.33. The molecular formula is C21H20N4O. The number of hydrogen-bond donors (Lipinski definition) is 2. The molecule has 2 aromatic carbocycles. The quantitative estimate of drug-likeness (QED) is 0.564. The Bertz CT molecular complexity index is 1000. The minimum Gasteiger partial charge on any atom is -0.361 e. The first kappa shape index (κ1) is 16.1. The van der Waals surface area contributed by atoms with Gasteiger partial charge in [-0.25, -0.2) is 4.68 Å². The molecule has 0 aliphatic heterocycles. The maximum Gasteiger partial charge on any atom is 0.224 e. The van der Waals surface area contributed by atoms with Crippen LogP contribution in [0, 0.1) is 0 Å². The highest BCUT2D eigenvalue weighted by Gasteiger charge is 2.08. The molecule has 0 fully saturated rings. The van der Waals surface area contributed by atoms with Crippen molar-refractivity contribution >= 4 is 16.8 Å².